The number of nitrogens with zero attached hydrogens (tertiary/aromatic N) is 2. The van der Waals surface area contributed by atoms with Crippen LogP contribution >= 0.6 is 0 Å². The van der Waals surface area contributed by atoms with Gasteiger partial charge in [-0.2, -0.15) is 0 Å². The van der Waals surface area contributed by atoms with E-state index in [0.29, 0.717) is 16.8 Å². The van der Waals surface area contributed by atoms with Crippen molar-refractivity contribution >= 4 is 17.1 Å². The molecule has 0 bridgehead atoms. The van der Waals surface area contributed by atoms with Crippen LogP contribution in [0.3, 0.4) is 0 Å². The molecule has 2 N–H and O–H groups in total. The molecule has 0 saturated carbocycles. The summed E-state index contributed by atoms with van der Waals surface area (Å²) >= 11 is 0. The third kappa shape index (κ3) is 1.34. The van der Waals surface area contributed by atoms with Crippen molar-refractivity contribution in [3.63, 3.8) is 0 Å². The quantitative estimate of drug-likeness (QED) is 0.633. The Hall–Kier alpha value is -1.98. The average molecular weight is 216 g/mol. The maximum atomic E-state index is 9.38. The van der Waals surface area contributed by atoms with E-state index in [1.54, 1.807) is 24.4 Å². The first-order valence-corrected chi connectivity index (χ1v) is 4.72. The van der Waals surface area contributed by atoms with Gasteiger partial charge in [-0.3, -0.25) is 4.98 Å². The predicted molar refractivity (Wildman–Crippen MR) is 56.4 cm³/mol. The van der Waals surface area contributed by atoms with Gasteiger partial charge in [-0.25, -0.2) is 4.98 Å². The first-order chi connectivity index (χ1) is 7.66. The van der Waals surface area contributed by atoms with Gasteiger partial charge in [-0.1, -0.05) is 0 Å². The Balaban J connectivity index is 2.31. The van der Waals surface area contributed by atoms with Gasteiger partial charge in [-0.05, 0) is 18.2 Å². The fourth-order valence-corrected chi connectivity index (χ4v) is 1.65. The van der Waals surface area contributed by atoms with Gasteiger partial charge in [-0.15, -0.1) is 0 Å². The van der Waals surface area contributed by atoms with Crippen molar-refractivity contribution in [2.24, 2.45) is 0 Å². The molecule has 3 rings (SSSR count). The lowest BCUT2D eigenvalue weighted by molar-refractivity contribution is -0.254. The third-order valence-corrected chi connectivity index (χ3v) is 2.36. The number of benzene rings is 1. The second-order valence-corrected chi connectivity index (χ2v) is 3.50. The third-order valence-electron chi connectivity index (χ3n) is 2.36. The van der Waals surface area contributed by atoms with Crippen molar-refractivity contribution in [1.29, 1.82) is 0 Å². The normalized spacial score (nSPS) is 16.9. The molecule has 80 valence electrons. The van der Waals surface area contributed by atoms with Crippen LogP contribution in [0.4, 0.5) is 0 Å². The molecule has 0 saturated heterocycles. The molecule has 2 heterocycles. The molecular formula is C11H8N2O3. The van der Waals surface area contributed by atoms with E-state index in [1.165, 1.54) is 6.20 Å². The topological polar surface area (TPSA) is 75.5 Å². The van der Waals surface area contributed by atoms with Crippen molar-refractivity contribution in [3.8, 4) is 5.75 Å². The fourth-order valence-electron chi connectivity index (χ4n) is 1.65. The van der Waals surface area contributed by atoms with E-state index in [1.807, 2.05) is 0 Å². The predicted octanol–water partition coefficient (Wildman–Crippen LogP) is 0.674. The highest BCUT2D eigenvalue weighted by Gasteiger charge is 2.28. The monoisotopic (exact) mass is 216 g/mol. The van der Waals surface area contributed by atoms with Crippen LogP contribution in [0.15, 0.2) is 30.6 Å². The lowest BCUT2D eigenvalue weighted by Crippen LogP contribution is -2.34. The van der Waals surface area contributed by atoms with Crippen molar-refractivity contribution in [2.45, 2.75) is 5.97 Å². The highest BCUT2D eigenvalue weighted by molar-refractivity contribution is 5.86. The summed E-state index contributed by atoms with van der Waals surface area (Å²) in [6, 6.07) is 3.59. The Morgan fingerprint density at radius 1 is 1.12 bits per heavy atom. The summed E-state index contributed by atoms with van der Waals surface area (Å²) in [5.74, 6) is -1.95. The molecular weight excluding hydrogens is 208 g/mol. The van der Waals surface area contributed by atoms with Gasteiger partial charge < -0.3 is 14.9 Å². The standard InChI is InChI=1S/C11H8N2O3/c14-11(15)4-3-7-1-2-8-9(10(7)16-11)13-6-5-12-8/h1-6,14-15H. The van der Waals surface area contributed by atoms with Crippen molar-refractivity contribution in [1.82, 2.24) is 9.97 Å². The smallest absolute Gasteiger partial charge is 0.344 e. The molecule has 0 atom stereocenters. The van der Waals surface area contributed by atoms with Gasteiger partial charge in [0.05, 0.1) is 5.52 Å². The van der Waals surface area contributed by atoms with E-state index in [9.17, 15) is 10.2 Å². The average Bonchev–Trinajstić information content (AvgIpc) is 2.28. The van der Waals surface area contributed by atoms with E-state index in [4.69, 9.17) is 4.74 Å². The molecule has 1 aromatic heterocycles. The molecule has 0 spiro atoms. The van der Waals surface area contributed by atoms with Crippen LogP contribution in [0.1, 0.15) is 5.56 Å². The zero-order chi connectivity index (χ0) is 11.2. The molecule has 0 amide bonds. The summed E-state index contributed by atoms with van der Waals surface area (Å²) < 4.78 is 5.05. The molecule has 0 aliphatic carbocycles. The lowest BCUT2D eigenvalue weighted by Gasteiger charge is -2.24. The Morgan fingerprint density at radius 3 is 2.81 bits per heavy atom. The van der Waals surface area contributed by atoms with E-state index in [0.717, 1.165) is 11.6 Å². The summed E-state index contributed by atoms with van der Waals surface area (Å²) in [5, 5.41) is 18.8. The first kappa shape index (κ1) is 9.26. The fraction of sp³-hybridized carbons (Fsp3) is 0.0909. The summed E-state index contributed by atoms with van der Waals surface area (Å²) in [7, 11) is 0. The molecule has 0 fully saturated rings. The Morgan fingerprint density at radius 2 is 1.94 bits per heavy atom. The maximum Gasteiger partial charge on any atom is 0.344 e. The van der Waals surface area contributed by atoms with Gasteiger partial charge in [0.15, 0.2) is 5.75 Å². The molecule has 1 aliphatic rings. The van der Waals surface area contributed by atoms with Crippen LogP contribution in [-0.4, -0.2) is 26.2 Å². The molecule has 0 unspecified atom stereocenters. The van der Waals surface area contributed by atoms with Gasteiger partial charge in [0.2, 0.25) is 0 Å². The van der Waals surface area contributed by atoms with Gasteiger partial charge in [0, 0.05) is 24.0 Å². The molecule has 1 aromatic carbocycles. The first-order valence-electron chi connectivity index (χ1n) is 4.72. The Kier molecular flexibility index (Phi) is 1.74. The lowest BCUT2D eigenvalue weighted by atomic mass is 10.1. The van der Waals surface area contributed by atoms with Crippen LogP contribution in [-0.2, 0) is 0 Å². The minimum Gasteiger partial charge on any atom is -0.433 e. The van der Waals surface area contributed by atoms with Crippen LogP contribution in [0, 0.1) is 0 Å². The summed E-state index contributed by atoms with van der Waals surface area (Å²) in [5.41, 5.74) is 1.90. The van der Waals surface area contributed by atoms with Crippen molar-refractivity contribution in [3.05, 3.63) is 36.2 Å². The molecule has 1 aliphatic heterocycles. The van der Waals surface area contributed by atoms with Crippen LogP contribution in [0.2, 0.25) is 0 Å². The minimum atomic E-state index is -2.28. The SMILES string of the molecule is OC1(O)C=Cc2ccc3nccnc3c2O1. The number of aliphatic hydroxyl groups is 2. The molecule has 2 aromatic rings. The molecule has 5 heteroatoms. The van der Waals surface area contributed by atoms with Crippen molar-refractivity contribution in [2.75, 3.05) is 0 Å². The Bertz CT molecular complexity index is 593. The summed E-state index contributed by atoms with van der Waals surface area (Å²) in [6.07, 6.45) is 5.84. The van der Waals surface area contributed by atoms with Gasteiger partial charge in [0.25, 0.3) is 0 Å². The summed E-state index contributed by atoms with van der Waals surface area (Å²) in [6.45, 7) is 0. The number of hydrogen-bond acceptors (Lipinski definition) is 5. The van der Waals surface area contributed by atoms with E-state index < -0.39 is 5.97 Å². The zero-order valence-electron chi connectivity index (χ0n) is 8.16. The minimum absolute atomic E-state index is 0.332. The van der Waals surface area contributed by atoms with E-state index >= 15 is 0 Å². The van der Waals surface area contributed by atoms with Crippen LogP contribution < -0.4 is 4.74 Å². The van der Waals surface area contributed by atoms with E-state index in [2.05, 4.69) is 9.97 Å². The number of rotatable bonds is 0. The van der Waals surface area contributed by atoms with Crippen LogP contribution in [0.5, 0.6) is 5.75 Å². The largest absolute Gasteiger partial charge is 0.433 e. The highest BCUT2D eigenvalue weighted by Crippen LogP contribution is 2.33. The second kappa shape index (κ2) is 3.01. The molecule has 16 heavy (non-hydrogen) atoms. The molecule has 5 nitrogen and oxygen atoms in total. The number of aromatic nitrogens is 2. The highest BCUT2D eigenvalue weighted by atomic mass is 16.8. The maximum absolute atomic E-state index is 9.38. The van der Waals surface area contributed by atoms with E-state index in [-0.39, 0.29) is 0 Å². The van der Waals surface area contributed by atoms with Gasteiger partial charge >= 0.3 is 5.97 Å². The Labute approximate surface area is 90.7 Å². The number of fused-ring (bicyclic) bond motifs is 3. The number of hydrogen-bond donors (Lipinski definition) is 2. The van der Waals surface area contributed by atoms with Crippen LogP contribution in [0.25, 0.3) is 17.1 Å². The second-order valence-electron chi connectivity index (χ2n) is 3.50. The summed E-state index contributed by atoms with van der Waals surface area (Å²) in [4.78, 5) is 8.22. The zero-order valence-corrected chi connectivity index (χ0v) is 8.16. The molecule has 0 radical (unpaired) electrons. The number of ether oxygens (including phenoxy) is 1. The van der Waals surface area contributed by atoms with Gasteiger partial charge in [0.1, 0.15) is 5.52 Å². The van der Waals surface area contributed by atoms with Crippen molar-refractivity contribution < 1.29 is 14.9 Å².